The summed E-state index contributed by atoms with van der Waals surface area (Å²) < 4.78 is 26.0. The molecule has 39 heavy (non-hydrogen) atoms. The first kappa shape index (κ1) is 28.3. The number of carbonyl (C=O) groups is 2. The lowest BCUT2D eigenvalue weighted by molar-refractivity contribution is -0.113. The lowest BCUT2D eigenvalue weighted by Gasteiger charge is -2.10. The summed E-state index contributed by atoms with van der Waals surface area (Å²) in [6, 6.07) is 13.5. The van der Waals surface area contributed by atoms with Crippen molar-refractivity contribution in [1.29, 1.82) is 0 Å². The van der Waals surface area contributed by atoms with Gasteiger partial charge in [0.1, 0.15) is 22.1 Å². The Balaban J connectivity index is 1.45. The molecule has 0 aliphatic rings. The van der Waals surface area contributed by atoms with Crippen molar-refractivity contribution in [1.82, 2.24) is 14.8 Å². The van der Waals surface area contributed by atoms with Crippen molar-refractivity contribution in [3.63, 3.8) is 0 Å². The minimum absolute atomic E-state index is 0.0600. The predicted molar refractivity (Wildman–Crippen MR) is 152 cm³/mol. The average molecular weight is 569 g/mol. The highest BCUT2D eigenvalue weighted by molar-refractivity contribution is 7.99. The molecule has 1 amide bonds. The second kappa shape index (κ2) is 12.9. The van der Waals surface area contributed by atoms with E-state index in [9.17, 15) is 14.0 Å². The van der Waals surface area contributed by atoms with Crippen LogP contribution in [0.2, 0.25) is 0 Å². The van der Waals surface area contributed by atoms with Crippen molar-refractivity contribution < 1.29 is 23.5 Å². The molecule has 0 unspecified atom stereocenters. The zero-order valence-electron chi connectivity index (χ0n) is 22.1. The summed E-state index contributed by atoms with van der Waals surface area (Å²) in [4.78, 5) is 25.4. The number of nitrogens with one attached hydrogen (secondary N) is 1. The fraction of sp³-hybridized carbons (Fsp3) is 0.286. The fourth-order valence-corrected chi connectivity index (χ4v) is 5.52. The minimum atomic E-state index is -0.588. The number of esters is 1. The van der Waals surface area contributed by atoms with Crippen molar-refractivity contribution in [3.05, 3.63) is 65.3 Å². The number of nitrogens with zero attached hydrogens (tertiary/aromatic N) is 3. The van der Waals surface area contributed by atoms with Gasteiger partial charge in [-0.15, -0.1) is 21.5 Å². The average Bonchev–Trinajstić information content (AvgIpc) is 3.55. The number of ether oxygens (including phenoxy) is 2. The van der Waals surface area contributed by atoms with Crippen LogP contribution >= 0.6 is 23.1 Å². The molecule has 2 aromatic carbocycles. The second-order valence-corrected chi connectivity index (χ2v) is 10.8. The molecule has 0 atom stereocenters. The number of amides is 1. The third-order valence-electron chi connectivity index (χ3n) is 5.65. The number of anilines is 1. The van der Waals surface area contributed by atoms with Crippen LogP contribution in [0, 0.1) is 11.7 Å². The van der Waals surface area contributed by atoms with E-state index in [1.165, 1.54) is 42.3 Å². The van der Waals surface area contributed by atoms with Crippen LogP contribution in [-0.4, -0.2) is 46.1 Å². The molecular formula is C28H29FN4O4S2. The second-order valence-electron chi connectivity index (χ2n) is 8.97. The van der Waals surface area contributed by atoms with E-state index in [0.29, 0.717) is 46.2 Å². The summed E-state index contributed by atoms with van der Waals surface area (Å²) in [5.74, 6) is 0.717. The van der Waals surface area contributed by atoms with E-state index >= 15 is 0 Å². The highest BCUT2D eigenvalue weighted by Gasteiger charge is 2.23. The van der Waals surface area contributed by atoms with Crippen LogP contribution in [0.4, 0.5) is 9.39 Å². The number of carbonyl (C=O) groups excluding carboxylic acids is 2. The quantitative estimate of drug-likeness (QED) is 0.166. The van der Waals surface area contributed by atoms with Crippen LogP contribution < -0.4 is 10.1 Å². The van der Waals surface area contributed by atoms with Gasteiger partial charge >= 0.3 is 5.97 Å². The van der Waals surface area contributed by atoms with Crippen molar-refractivity contribution in [3.8, 4) is 28.3 Å². The van der Waals surface area contributed by atoms with E-state index in [4.69, 9.17) is 9.47 Å². The van der Waals surface area contributed by atoms with E-state index in [-0.39, 0.29) is 23.0 Å². The number of benzene rings is 2. The Hall–Kier alpha value is -3.70. The highest BCUT2D eigenvalue weighted by Crippen LogP contribution is 2.36. The monoisotopic (exact) mass is 568 g/mol. The van der Waals surface area contributed by atoms with Gasteiger partial charge in [0.15, 0.2) is 11.0 Å². The van der Waals surface area contributed by atoms with Gasteiger partial charge in [0.2, 0.25) is 5.91 Å². The van der Waals surface area contributed by atoms with Gasteiger partial charge in [-0.1, -0.05) is 37.7 Å². The summed E-state index contributed by atoms with van der Waals surface area (Å²) in [5.41, 5.74) is 2.33. The molecular weight excluding hydrogens is 539 g/mol. The van der Waals surface area contributed by atoms with E-state index in [1.54, 1.807) is 17.5 Å². The largest absolute Gasteiger partial charge is 0.493 e. The Kier molecular flexibility index (Phi) is 9.36. The number of hydrogen-bond acceptors (Lipinski definition) is 8. The molecule has 4 rings (SSSR count). The number of thioether (sulfide) groups is 1. The molecule has 0 aliphatic carbocycles. The Morgan fingerprint density at radius 3 is 2.41 bits per heavy atom. The smallest absolute Gasteiger partial charge is 0.341 e. The maximum absolute atomic E-state index is 13.4. The number of halogens is 1. The zero-order chi connectivity index (χ0) is 27.9. The van der Waals surface area contributed by atoms with Crippen molar-refractivity contribution in [2.75, 3.05) is 24.8 Å². The Morgan fingerprint density at radius 2 is 1.77 bits per heavy atom. The van der Waals surface area contributed by atoms with Crippen molar-refractivity contribution in [2.24, 2.45) is 5.92 Å². The minimum Gasteiger partial charge on any atom is -0.493 e. The summed E-state index contributed by atoms with van der Waals surface area (Å²) in [6.45, 7) is 7.45. The van der Waals surface area contributed by atoms with Gasteiger partial charge in [0.25, 0.3) is 0 Å². The topological polar surface area (TPSA) is 95.3 Å². The van der Waals surface area contributed by atoms with Crippen LogP contribution in [0.1, 0.15) is 31.1 Å². The summed E-state index contributed by atoms with van der Waals surface area (Å²) in [7, 11) is 1.28. The third kappa shape index (κ3) is 6.85. The van der Waals surface area contributed by atoms with E-state index in [2.05, 4.69) is 29.4 Å². The molecule has 2 aromatic heterocycles. The predicted octanol–water partition coefficient (Wildman–Crippen LogP) is 6.38. The molecule has 204 valence electrons. The molecule has 2 heterocycles. The first-order valence-corrected chi connectivity index (χ1v) is 14.2. The molecule has 0 saturated heterocycles. The third-order valence-corrected chi connectivity index (χ3v) is 7.51. The van der Waals surface area contributed by atoms with E-state index in [0.717, 1.165) is 11.3 Å². The lowest BCUT2D eigenvalue weighted by atomic mass is 10.0. The van der Waals surface area contributed by atoms with Crippen LogP contribution in [0.3, 0.4) is 0 Å². The molecule has 0 aliphatic heterocycles. The van der Waals surface area contributed by atoms with Gasteiger partial charge in [-0.05, 0) is 54.8 Å². The Bertz CT molecular complexity index is 1430. The molecule has 1 N–H and O–H groups in total. The summed E-state index contributed by atoms with van der Waals surface area (Å²) >= 11 is 2.46. The number of aromatic nitrogens is 3. The number of thiophene rings is 1. The number of hydrogen-bond donors (Lipinski definition) is 1. The van der Waals surface area contributed by atoms with Crippen molar-refractivity contribution >= 4 is 40.0 Å². The fourth-order valence-electron chi connectivity index (χ4n) is 3.75. The maximum Gasteiger partial charge on any atom is 0.341 e. The molecule has 11 heteroatoms. The highest BCUT2D eigenvalue weighted by atomic mass is 32.2. The van der Waals surface area contributed by atoms with Crippen LogP contribution in [-0.2, 0) is 16.1 Å². The Labute approximate surface area is 234 Å². The zero-order valence-corrected chi connectivity index (χ0v) is 23.7. The van der Waals surface area contributed by atoms with Crippen LogP contribution in [0.15, 0.2) is 59.1 Å². The molecule has 0 saturated carbocycles. The molecule has 0 bridgehead atoms. The van der Waals surface area contributed by atoms with Gasteiger partial charge in [-0.2, -0.15) is 0 Å². The van der Waals surface area contributed by atoms with Crippen LogP contribution in [0.5, 0.6) is 5.75 Å². The van der Waals surface area contributed by atoms with Gasteiger partial charge in [-0.3, -0.25) is 4.79 Å². The lowest BCUT2D eigenvalue weighted by Crippen LogP contribution is -2.16. The normalized spacial score (nSPS) is 11.0. The summed E-state index contributed by atoms with van der Waals surface area (Å²) in [6.07, 6.45) is 0. The van der Waals surface area contributed by atoms with E-state index < -0.39 is 5.97 Å². The number of rotatable bonds is 11. The maximum atomic E-state index is 13.4. The molecule has 8 nitrogen and oxygen atoms in total. The molecule has 0 fully saturated rings. The van der Waals surface area contributed by atoms with Gasteiger partial charge in [-0.25, -0.2) is 9.18 Å². The SMILES string of the molecule is CCn1c(SCC(=O)Nc2scc(-c3ccc(F)cc3)c2C(=O)OC)nnc1-c1ccc(OCC(C)C)cc1. The molecule has 0 radical (unpaired) electrons. The Morgan fingerprint density at radius 1 is 1.08 bits per heavy atom. The summed E-state index contributed by atoms with van der Waals surface area (Å²) in [5, 5.41) is 14.2. The molecule has 0 spiro atoms. The van der Waals surface area contributed by atoms with E-state index in [1.807, 2.05) is 35.8 Å². The standard InChI is InChI=1S/C28H29FN4O4S2/c1-5-33-25(19-8-12-21(13-9-19)37-14-17(2)3)31-32-28(33)39-16-23(34)30-26-24(27(35)36-4)22(15-38-26)18-6-10-20(29)11-7-18/h6-13,15,17H,5,14,16H2,1-4H3,(H,30,34). The van der Waals surface area contributed by atoms with Gasteiger partial charge in [0.05, 0.1) is 19.5 Å². The number of methoxy groups -OCH3 is 1. The van der Waals surface area contributed by atoms with Crippen LogP contribution in [0.25, 0.3) is 22.5 Å². The van der Waals surface area contributed by atoms with Gasteiger partial charge in [0, 0.05) is 23.1 Å². The first-order chi connectivity index (χ1) is 18.8. The molecule has 4 aromatic rings. The van der Waals surface area contributed by atoms with Crippen molar-refractivity contribution in [2.45, 2.75) is 32.5 Å². The van der Waals surface area contributed by atoms with Gasteiger partial charge < -0.3 is 19.4 Å². The first-order valence-electron chi connectivity index (χ1n) is 12.4.